The smallest absolute Gasteiger partial charge is 0.134 e. The maximum absolute atomic E-state index is 4.55. The molecule has 0 saturated carbocycles. The van der Waals surface area contributed by atoms with E-state index in [1.807, 2.05) is 0 Å². The number of rotatable bonds is 9. The fourth-order valence-electron chi connectivity index (χ4n) is 3.63. The van der Waals surface area contributed by atoms with Gasteiger partial charge in [0.2, 0.25) is 0 Å². The van der Waals surface area contributed by atoms with Crippen molar-refractivity contribution in [2.75, 3.05) is 55.6 Å². The molecule has 1 fully saturated rings. The molecule has 0 N–H and O–H groups in total. The van der Waals surface area contributed by atoms with Crippen molar-refractivity contribution in [3.63, 3.8) is 0 Å². The Labute approximate surface area is 169 Å². The molecular weight excluding hydrogens is 346 g/mol. The van der Waals surface area contributed by atoms with Crippen LogP contribution < -0.4 is 9.80 Å². The van der Waals surface area contributed by atoms with Gasteiger partial charge >= 0.3 is 0 Å². The van der Waals surface area contributed by atoms with E-state index >= 15 is 0 Å². The van der Waals surface area contributed by atoms with Gasteiger partial charge in [0, 0.05) is 51.9 Å². The van der Waals surface area contributed by atoms with E-state index in [0.29, 0.717) is 0 Å². The molecule has 1 aliphatic rings. The summed E-state index contributed by atoms with van der Waals surface area (Å²) >= 11 is 0. The van der Waals surface area contributed by atoms with Crippen molar-refractivity contribution in [2.24, 2.45) is 0 Å². The molecule has 0 spiro atoms. The lowest BCUT2D eigenvalue weighted by molar-refractivity contribution is 0.283. The van der Waals surface area contributed by atoms with E-state index in [9.17, 15) is 0 Å². The van der Waals surface area contributed by atoms with Crippen LogP contribution in [0.25, 0.3) is 6.08 Å². The van der Waals surface area contributed by atoms with E-state index in [1.165, 1.54) is 5.56 Å². The lowest BCUT2D eigenvalue weighted by atomic mass is 10.2. The van der Waals surface area contributed by atoms with Gasteiger partial charge in [-0.05, 0) is 18.4 Å². The lowest BCUT2D eigenvalue weighted by Gasteiger charge is -2.35. The van der Waals surface area contributed by atoms with Gasteiger partial charge in [-0.2, -0.15) is 0 Å². The zero-order chi connectivity index (χ0) is 19.6. The predicted octanol–water partition coefficient (Wildman–Crippen LogP) is 3.94. The Kier molecular flexibility index (Phi) is 7.85. The van der Waals surface area contributed by atoms with E-state index in [1.54, 1.807) is 6.33 Å². The zero-order valence-corrected chi connectivity index (χ0v) is 17.3. The van der Waals surface area contributed by atoms with E-state index in [2.05, 4.69) is 87.1 Å². The standard InChI is InChI=1S/C23H33N5/c1-3-12-27(13-4-2)22-19-23(25-20-24-22)28-17-15-26(16-18-28)14-8-11-21-9-6-5-7-10-21/h5-11,19-20H,3-4,12-18H2,1-2H3/b11-8+. The number of aromatic nitrogens is 2. The molecule has 1 aromatic carbocycles. The Morgan fingerprint density at radius 3 is 2.36 bits per heavy atom. The van der Waals surface area contributed by atoms with Crippen molar-refractivity contribution in [1.29, 1.82) is 0 Å². The molecule has 0 unspecified atom stereocenters. The normalized spacial score (nSPS) is 15.3. The first kappa shape index (κ1) is 20.3. The van der Waals surface area contributed by atoms with Crippen molar-refractivity contribution in [1.82, 2.24) is 14.9 Å². The van der Waals surface area contributed by atoms with Crippen LogP contribution in [0.15, 0.2) is 48.8 Å². The first-order valence-corrected chi connectivity index (χ1v) is 10.6. The third kappa shape index (κ3) is 5.80. The second-order valence-corrected chi connectivity index (χ2v) is 7.32. The molecule has 5 nitrogen and oxygen atoms in total. The molecule has 150 valence electrons. The van der Waals surface area contributed by atoms with Crippen molar-refractivity contribution in [3.05, 3.63) is 54.4 Å². The Balaban J connectivity index is 1.53. The second kappa shape index (κ2) is 10.8. The molecule has 3 rings (SSSR count). The number of benzene rings is 1. The van der Waals surface area contributed by atoms with Crippen molar-refractivity contribution in [3.8, 4) is 0 Å². The van der Waals surface area contributed by atoms with Crippen molar-refractivity contribution in [2.45, 2.75) is 26.7 Å². The Morgan fingerprint density at radius 2 is 1.68 bits per heavy atom. The molecule has 0 atom stereocenters. The van der Waals surface area contributed by atoms with E-state index in [0.717, 1.165) is 70.3 Å². The SMILES string of the molecule is CCCN(CCC)c1cc(N2CCN(C/C=C/c3ccccc3)CC2)ncn1. The minimum atomic E-state index is 0.999. The highest BCUT2D eigenvalue weighted by molar-refractivity contribution is 5.51. The highest BCUT2D eigenvalue weighted by Gasteiger charge is 2.18. The van der Waals surface area contributed by atoms with Crippen LogP contribution in [0.5, 0.6) is 0 Å². The summed E-state index contributed by atoms with van der Waals surface area (Å²) in [4.78, 5) is 16.3. The highest BCUT2D eigenvalue weighted by Crippen LogP contribution is 2.19. The molecule has 0 bridgehead atoms. The second-order valence-electron chi connectivity index (χ2n) is 7.32. The quantitative estimate of drug-likeness (QED) is 0.659. The highest BCUT2D eigenvalue weighted by atomic mass is 15.3. The van der Waals surface area contributed by atoms with Gasteiger partial charge in [0.25, 0.3) is 0 Å². The maximum Gasteiger partial charge on any atom is 0.134 e. The van der Waals surface area contributed by atoms with Gasteiger partial charge < -0.3 is 9.80 Å². The van der Waals surface area contributed by atoms with Gasteiger partial charge in [0.05, 0.1) is 0 Å². The molecule has 1 aromatic heterocycles. The number of hydrogen-bond acceptors (Lipinski definition) is 5. The molecule has 1 aliphatic heterocycles. The summed E-state index contributed by atoms with van der Waals surface area (Å²) in [5, 5.41) is 0. The van der Waals surface area contributed by atoms with Gasteiger partial charge in [-0.15, -0.1) is 0 Å². The van der Waals surface area contributed by atoms with Gasteiger partial charge in [0.1, 0.15) is 18.0 Å². The van der Waals surface area contributed by atoms with Crippen molar-refractivity contribution < 1.29 is 0 Å². The first-order chi connectivity index (χ1) is 13.8. The fraction of sp³-hybridized carbons (Fsp3) is 0.478. The minimum Gasteiger partial charge on any atom is -0.356 e. The summed E-state index contributed by atoms with van der Waals surface area (Å²) in [6.45, 7) is 11.7. The van der Waals surface area contributed by atoms with Crippen LogP contribution >= 0.6 is 0 Å². The summed E-state index contributed by atoms with van der Waals surface area (Å²) in [6.07, 6.45) is 8.46. The van der Waals surface area contributed by atoms with Crippen LogP contribution in [0.2, 0.25) is 0 Å². The van der Waals surface area contributed by atoms with Crippen LogP contribution in [0.4, 0.5) is 11.6 Å². The van der Waals surface area contributed by atoms with E-state index in [-0.39, 0.29) is 0 Å². The molecule has 0 radical (unpaired) electrons. The van der Waals surface area contributed by atoms with Gasteiger partial charge in [-0.1, -0.05) is 56.3 Å². The van der Waals surface area contributed by atoms with Crippen LogP contribution in [-0.4, -0.2) is 60.7 Å². The lowest BCUT2D eigenvalue weighted by Crippen LogP contribution is -2.46. The van der Waals surface area contributed by atoms with E-state index < -0.39 is 0 Å². The topological polar surface area (TPSA) is 35.5 Å². The van der Waals surface area contributed by atoms with Crippen molar-refractivity contribution >= 4 is 17.7 Å². The molecule has 1 saturated heterocycles. The summed E-state index contributed by atoms with van der Waals surface area (Å²) in [6, 6.07) is 12.7. The number of piperazine rings is 1. The molecule has 0 amide bonds. The summed E-state index contributed by atoms with van der Waals surface area (Å²) in [7, 11) is 0. The third-order valence-electron chi connectivity index (χ3n) is 5.12. The monoisotopic (exact) mass is 379 g/mol. The minimum absolute atomic E-state index is 0.999. The largest absolute Gasteiger partial charge is 0.356 e. The summed E-state index contributed by atoms with van der Waals surface area (Å²) < 4.78 is 0. The molecule has 2 heterocycles. The predicted molar refractivity (Wildman–Crippen MR) is 119 cm³/mol. The Morgan fingerprint density at radius 1 is 0.964 bits per heavy atom. The van der Waals surface area contributed by atoms with Gasteiger partial charge in [-0.3, -0.25) is 4.90 Å². The first-order valence-electron chi connectivity index (χ1n) is 10.6. The van der Waals surface area contributed by atoms with Gasteiger partial charge in [0.15, 0.2) is 0 Å². The number of anilines is 2. The van der Waals surface area contributed by atoms with Crippen LogP contribution in [0, 0.1) is 0 Å². The Bertz CT molecular complexity index is 717. The van der Waals surface area contributed by atoms with E-state index in [4.69, 9.17) is 0 Å². The average Bonchev–Trinajstić information content (AvgIpc) is 2.75. The number of hydrogen-bond donors (Lipinski definition) is 0. The Hall–Kier alpha value is -2.40. The average molecular weight is 380 g/mol. The third-order valence-corrected chi connectivity index (χ3v) is 5.12. The molecule has 5 heteroatoms. The van der Waals surface area contributed by atoms with Crippen LogP contribution in [0.3, 0.4) is 0 Å². The van der Waals surface area contributed by atoms with Crippen LogP contribution in [-0.2, 0) is 0 Å². The summed E-state index contributed by atoms with van der Waals surface area (Å²) in [5.41, 5.74) is 1.26. The van der Waals surface area contributed by atoms with Gasteiger partial charge in [-0.25, -0.2) is 9.97 Å². The maximum atomic E-state index is 4.55. The summed E-state index contributed by atoms with van der Waals surface area (Å²) in [5.74, 6) is 2.11. The zero-order valence-electron chi connectivity index (χ0n) is 17.3. The number of nitrogens with zero attached hydrogens (tertiary/aromatic N) is 5. The molecule has 0 aliphatic carbocycles. The molecule has 28 heavy (non-hydrogen) atoms. The fourth-order valence-corrected chi connectivity index (χ4v) is 3.63. The molecular formula is C23H33N5. The van der Waals surface area contributed by atoms with Crippen LogP contribution in [0.1, 0.15) is 32.3 Å². The molecule has 2 aromatic rings.